The highest BCUT2D eigenvalue weighted by Gasteiger charge is 2.38. The van der Waals surface area contributed by atoms with Crippen LogP contribution in [0.2, 0.25) is 0 Å². The summed E-state index contributed by atoms with van der Waals surface area (Å²) in [5.74, 6) is 0. The number of allylic oxidation sites excluding steroid dienone is 1. The van der Waals surface area contributed by atoms with E-state index in [1.165, 1.54) is 95.4 Å². The maximum absolute atomic E-state index is 2.53. The monoisotopic (exact) mass is 686 g/mol. The Labute approximate surface area is 314 Å². The highest BCUT2D eigenvalue weighted by atomic mass is 15.2. The molecule has 0 amide bonds. The molecule has 0 atom stereocenters. The molecule has 2 nitrogen and oxygen atoms in total. The van der Waals surface area contributed by atoms with Crippen molar-refractivity contribution in [2.75, 3.05) is 16.3 Å². The van der Waals surface area contributed by atoms with Crippen molar-refractivity contribution in [2.45, 2.75) is 64.2 Å². The Morgan fingerprint density at radius 3 is 1.96 bits per heavy atom. The zero-order valence-corrected chi connectivity index (χ0v) is 31.3. The molecule has 0 aromatic heterocycles. The normalized spacial score (nSPS) is 17.3. The summed E-state index contributed by atoms with van der Waals surface area (Å²) in [7, 11) is 0. The Balaban J connectivity index is 1.01. The second kappa shape index (κ2) is 12.0. The van der Waals surface area contributed by atoms with Crippen molar-refractivity contribution in [1.82, 2.24) is 0 Å². The van der Waals surface area contributed by atoms with E-state index in [9.17, 15) is 0 Å². The summed E-state index contributed by atoms with van der Waals surface area (Å²) in [6, 6.07) is 48.0. The molecule has 4 aliphatic rings. The Morgan fingerprint density at radius 2 is 1.19 bits per heavy atom. The van der Waals surface area contributed by atoms with Crippen LogP contribution >= 0.6 is 0 Å². The number of hydrogen-bond donors (Lipinski definition) is 0. The molecule has 0 saturated heterocycles. The maximum Gasteiger partial charge on any atom is 0.0537 e. The van der Waals surface area contributed by atoms with Gasteiger partial charge >= 0.3 is 0 Å². The van der Waals surface area contributed by atoms with Crippen LogP contribution in [-0.4, -0.2) is 6.54 Å². The molecule has 0 unspecified atom stereocenters. The van der Waals surface area contributed by atoms with Crippen LogP contribution in [0.25, 0.3) is 28.9 Å². The molecular formula is C51H46N2. The molecule has 10 rings (SSSR count). The van der Waals surface area contributed by atoms with Crippen molar-refractivity contribution in [2.24, 2.45) is 0 Å². The van der Waals surface area contributed by atoms with Gasteiger partial charge in [0, 0.05) is 34.0 Å². The summed E-state index contributed by atoms with van der Waals surface area (Å²) in [5, 5.41) is 2.67. The van der Waals surface area contributed by atoms with E-state index in [0.717, 1.165) is 25.8 Å². The van der Waals surface area contributed by atoms with Crippen LogP contribution < -0.4 is 20.2 Å². The fourth-order valence-corrected chi connectivity index (χ4v) is 9.86. The molecule has 6 aromatic rings. The molecule has 0 fully saturated rings. The van der Waals surface area contributed by atoms with Gasteiger partial charge in [0.15, 0.2) is 0 Å². The van der Waals surface area contributed by atoms with E-state index in [1.54, 1.807) is 0 Å². The Morgan fingerprint density at radius 1 is 0.547 bits per heavy atom. The number of para-hydroxylation sites is 3. The average molecular weight is 687 g/mol. The summed E-state index contributed by atoms with van der Waals surface area (Å²) < 4.78 is 0. The van der Waals surface area contributed by atoms with Gasteiger partial charge in [-0.25, -0.2) is 0 Å². The molecule has 2 aliphatic heterocycles. The van der Waals surface area contributed by atoms with E-state index in [-0.39, 0.29) is 10.8 Å². The van der Waals surface area contributed by atoms with Gasteiger partial charge in [-0.1, -0.05) is 137 Å². The molecule has 260 valence electrons. The fourth-order valence-electron chi connectivity index (χ4n) is 9.86. The van der Waals surface area contributed by atoms with Crippen LogP contribution in [0.1, 0.15) is 80.3 Å². The smallest absolute Gasteiger partial charge is 0.0537 e. The number of rotatable bonds is 4. The van der Waals surface area contributed by atoms with Gasteiger partial charge in [0.25, 0.3) is 0 Å². The lowest BCUT2D eigenvalue weighted by atomic mass is 9.73. The van der Waals surface area contributed by atoms with Crippen molar-refractivity contribution >= 4 is 46.2 Å². The Bertz CT molecular complexity index is 2570. The molecule has 2 aliphatic carbocycles. The molecular weight excluding hydrogens is 641 g/mol. The number of hydrogen-bond acceptors (Lipinski definition) is 2. The number of nitrogens with zero attached hydrogens (tertiary/aromatic N) is 2. The molecule has 6 aromatic carbocycles. The Hall–Kier alpha value is -5.60. The molecule has 0 N–H and O–H groups in total. The number of anilines is 5. The number of fused-ring (bicyclic) bond motifs is 7. The first-order valence-electron chi connectivity index (χ1n) is 19.5. The molecule has 0 bridgehead atoms. The van der Waals surface area contributed by atoms with Crippen molar-refractivity contribution in [3.8, 4) is 11.1 Å². The van der Waals surface area contributed by atoms with Crippen LogP contribution in [0, 0.1) is 0 Å². The minimum Gasteiger partial charge on any atom is -0.341 e. The molecule has 53 heavy (non-hydrogen) atoms. The van der Waals surface area contributed by atoms with E-state index >= 15 is 0 Å². The van der Waals surface area contributed by atoms with Gasteiger partial charge in [0.1, 0.15) is 0 Å². The van der Waals surface area contributed by atoms with Crippen LogP contribution in [0.15, 0.2) is 133 Å². The largest absolute Gasteiger partial charge is 0.341 e. The predicted octanol–water partition coefficient (Wildman–Crippen LogP) is 11.6. The Kier molecular flexibility index (Phi) is 7.24. The van der Waals surface area contributed by atoms with Gasteiger partial charge in [0.2, 0.25) is 0 Å². The molecule has 2 heterocycles. The zero-order chi connectivity index (χ0) is 35.9. The van der Waals surface area contributed by atoms with Crippen LogP contribution in [0.5, 0.6) is 0 Å². The van der Waals surface area contributed by atoms with E-state index in [0.29, 0.717) is 0 Å². The van der Waals surface area contributed by atoms with Gasteiger partial charge in [-0.15, -0.1) is 0 Å². The van der Waals surface area contributed by atoms with Gasteiger partial charge in [0.05, 0.1) is 17.1 Å². The maximum atomic E-state index is 2.53. The lowest BCUT2D eigenvalue weighted by molar-refractivity contribution is 0.632. The highest BCUT2D eigenvalue weighted by Crippen LogP contribution is 2.52. The molecule has 0 saturated carbocycles. The average Bonchev–Trinajstić information content (AvgIpc) is 3.42. The third kappa shape index (κ3) is 4.92. The van der Waals surface area contributed by atoms with Crippen molar-refractivity contribution in [3.63, 3.8) is 0 Å². The SMILES string of the molecule is CC1(C)c2cc(/C=C/C3=c4cccc(N5c6ccccc6C(C)(C)c6ccccc65)c4=CCC3)ccc2-c2ccc(N3CCCc4ccccc43)cc21. The van der Waals surface area contributed by atoms with Gasteiger partial charge < -0.3 is 9.80 Å². The second-order valence-electron chi connectivity index (χ2n) is 16.4. The molecule has 0 spiro atoms. The molecule has 2 heteroatoms. The molecule has 0 radical (unpaired) electrons. The minimum atomic E-state index is -0.0795. The van der Waals surface area contributed by atoms with E-state index in [1.807, 2.05) is 0 Å². The standard InChI is InChI=1S/C51H46N2/c1-50(2)42-19-6-9-22-48(42)53(49-23-10-7-20-43(49)50)47-24-12-17-38-35(15-11-18-41(38)47)27-25-34-26-29-39-40-30-28-37(33-45(40)51(3,4)44(39)32-34)52-31-13-16-36-14-5-8-21-46(36)52/h5-10,12,14,17-30,32-33H,11,13,15-16,31H2,1-4H3/b27-25+. The van der Waals surface area contributed by atoms with Gasteiger partial charge in [-0.05, 0) is 117 Å². The summed E-state index contributed by atoms with van der Waals surface area (Å²) in [6.45, 7) is 10.6. The summed E-state index contributed by atoms with van der Waals surface area (Å²) in [6.07, 6.45) is 11.6. The van der Waals surface area contributed by atoms with Crippen LogP contribution in [0.4, 0.5) is 28.4 Å². The first-order chi connectivity index (χ1) is 25.8. The third-order valence-corrected chi connectivity index (χ3v) is 12.7. The quantitative estimate of drug-likeness (QED) is 0.182. The van der Waals surface area contributed by atoms with Crippen LogP contribution in [0.3, 0.4) is 0 Å². The summed E-state index contributed by atoms with van der Waals surface area (Å²) in [5.41, 5.74) is 18.8. The van der Waals surface area contributed by atoms with E-state index < -0.39 is 0 Å². The lowest BCUT2D eigenvalue weighted by Gasteiger charge is -2.42. The second-order valence-corrected chi connectivity index (χ2v) is 16.4. The third-order valence-electron chi connectivity index (χ3n) is 12.7. The van der Waals surface area contributed by atoms with Crippen molar-refractivity contribution < 1.29 is 0 Å². The van der Waals surface area contributed by atoms with E-state index in [4.69, 9.17) is 0 Å². The topological polar surface area (TPSA) is 6.48 Å². The van der Waals surface area contributed by atoms with Gasteiger partial charge in [-0.2, -0.15) is 0 Å². The number of aryl methyl sites for hydroxylation is 1. The fraction of sp³-hybridized carbons (Fsp3) is 0.216. The highest BCUT2D eigenvalue weighted by molar-refractivity contribution is 5.88. The minimum absolute atomic E-state index is 0.0735. The lowest BCUT2D eigenvalue weighted by Crippen LogP contribution is -2.37. The first-order valence-corrected chi connectivity index (χ1v) is 19.5. The van der Waals surface area contributed by atoms with Gasteiger partial charge in [-0.3, -0.25) is 0 Å². The predicted molar refractivity (Wildman–Crippen MR) is 224 cm³/mol. The van der Waals surface area contributed by atoms with E-state index in [2.05, 4.69) is 183 Å². The van der Waals surface area contributed by atoms with Crippen LogP contribution in [-0.2, 0) is 17.3 Å². The summed E-state index contributed by atoms with van der Waals surface area (Å²) >= 11 is 0. The number of benzene rings is 6. The van der Waals surface area contributed by atoms with Crippen molar-refractivity contribution in [1.29, 1.82) is 0 Å². The summed E-state index contributed by atoms with van der Waals surface area (Å²) in [4.78, 5) is 5.03. The first kappa shape index (κ1) is 32.1. The van der Waals surface area contributed by atoms with Crippen molar-refractivity contribution in [3.05, 3.63) is 177 Å². The zero-order valence-electron chi connectivity index (χ0n) is 31.3.